The predicted molar refractivity (Wildman–Crippen MR) is 64.2 cm³/mol. The Kier molecular flexibility index (Phi) is 2.78. The van der Waals surface area contributed by atoms with Gasteiger partial charge in [0.1, 0.15) is 5.54 Å². The van der Waals surface area contributed by atoms with E-state index in [1.54, 1.807) is 19.9 Å². The lowest BCUT2D eigenvalue weighted by atomic mass is 10.0. The van der Waals surface area contributed by atoms with E-state index in [1.165, 1.54) is 12.3 Å². The van der Waals surface area contributed by atoms with Crippen molar-refractivity contribution in [1.82, 2.24) is 4.98 Å². The number of aliphatic carboxylic acids is 1. The van der Waals surface area contributed by atoms with Gasteiger partial charge in [0.2, 0.25) is 5.88 Å². The Hall–Kier alpha value is -2.37. The van der Waals surface area contributed by atoms with Crippen LogP contribution in [0.5, 0.6) is 5.88 Å². The summed E-state index contributed by atoms with van der Waals surface area (Å²) >= 11 is 0. The van der Waals surface area contributed by atoms with Crippen molar-refractivity contribution >= 4 is 23.7 Å². The second-order valence-electron chi connectivity index (χ2n) is 4.43. The van der Waals surface area contributed by atoms with E-state index in [2.05, 4.69) is 10.3 Å². The van der Waals surface area contributed by atoms with E-state index in [0.717, 1.165) is 6.08 Å². The Balaban J connectivity index is 2.33. The number of rotatable bonds is 2. The molecule has 0 saturated carbocycles. The standard InChI is InChI=1S/C12H12N2O4/c1-12(2)11(17)18-10-8(14-12)5-7(6-13-10)3-4-9(15)16/h3-6,14H,1-2H3,(H,15,16)/b4-3+. The number of hydrogen-bond acceptors (Lipinski definition) is 5. The van der Waals surface area contributed by atoms with E-state index < -0.39 is 17.5 Å². The van der Waals surface area contributed by atoms with E-state index in [0.29, 0.717) is 11.3 Å². The molecule has 0 spiro atoms. The number of ether oxygens (including phenoxy) is 1. The van der Waals surface area contributed by atoms with Gasteiger partial charge in [-0.2, -0.15) is 0 Å². The summed E-state index contributed by atoms with van der Waals surface area (Å²) in [4.78, 5) is 25.9. The number of carboxylic acids is 1. The van der Waals surface area contributed by atoms with Crippen molar-refractivity contribution in [3.63, 3.8) is 0 Å². The monoisotopic (exact) mass is 248 g/mol. The second-order valence-corrected chi connectivity index (χ2v) is 4.43. The fourth-order valence-corrected chi connectivity index (χ4v) is 1.50. The first-order valence-electron chi connectivity index (χ1n) is 5.30. The summed E-state index contributed by atoms with van der Waals surface area (Å²) in [6.07, 6.45) is 3.87. The summed E-state index contributed by atoms with van der Waals surface area (Å²) in [5.74, 6) is -1.24. The molecular formula is C12H12N2O4. The molecule has 0 bridgehead atoms. The second kappa shape index (κ2) is 4.14. The largest absolute Gasteiger partial charge is 0.478 e. The molecule has 0 aromatic carbocycles. The SMILES string of the molecule is CC1(C)Nc2cc(/C=C/C(=O)O)cnc2OC1=O. The van der Waals surface area contributed by atoms with Crippen LogP contribution < -0.4 is 10.1 Å². The molecule has 0 unspecified atom stereocenters. The average Bonchev–Trinajstić information content (AvgIpc) is 2.27. The highest BCUT2D eigenvalue weighted by molar-refractivity contribution is 5.90. The Morgan fingerprint density at radius 2 is 2.28 bits per heavy atom. The number of pyridine rings is 1. The molecule has 1 aliphatic heterocycles. The number of nitrogens with zero attached hydrogens (tertiary/aromatic N) is 1. The summed E-state index contributed by atoms with van der Waals surface area (Å²) in [6, 6.07) is 1.68. The van der Waals surface area contributed by atoms with Crippen LogP contribution in [0.1, 0.15) is 19.4 Å². The molecule has 2 N–H and O–H groups in total. The lowest BCUT2D eigenvalue weighted by molar-refractivity contribution is -0.139. The number of hydrogen-bond donors (Lipinski definition) is 2. The summed E-state index contributed by atoms with van der Waals surface area (Å²) in [5, 5.41) is 11.5. The molecule has 1 aromatic rings. The minimum atomic E-state index is -1.03. The molecule has 94 valence electrons. The maximum absolute atomic E-state index is 11.6. The van der Waals surface area contributed by atoms with Crippen LogP contribution in [0.15, 0.2) is 18.3 Å². The van der Waals surface area contributed by atoms with Gasteiger partial charge >= 0.3 is 11.9 Å². The van der Waals surface area contributed by atoms with Crippen LogP contribution >= 0.6 is 0 Å². The topological polar surface area (TPSA) is 88.5 Å². The van der Waals surface area contributed by atoms with Crippen LogP contribution in [-0.2, 0) is 9.59 Å². The third-order valence-electron chi connectivity index (χ3n) is 2.44. The highest BCUT2D eigenvalue weighted by atomic mass is 16.5. The minimum absolute atomic E-state index is 0.201. The lowest BCUT2D eigenvalue weighted by Gasteiger charge is -2.30. The van der Waals surface area contributed by atoms with Gasteiger partial charge in [-0.25, -0.2) is 14.6 Å². The van der Waals surface area contributed by atoms with Crippen LogP contribution in [0.2, 0.25) is 0 Å². The van der Waals surface area contributed by atoms with Crippen molar-refractivity contribution in [1.29, 1.82) is 0 Å². The number of fused-ring (bicyclic) bond motifs is 1. The molecule has 1 aliphatic rings. The zero-order valence-electron chi connectivity index (χ0n) is 9.93. The highest BCUT2D eigenvalue weighted by Crippen LogP contribution is 2.31. The third-order valence-corrected chi connectivity index (χ3v) is 2.44. The fraction of sp³-hybridized carbons (Fsp3) is 0.250. The van der Waals surface area contributed by atoms with Gasteiger partial charge in [-0.15, -0.1) is 0 Å². The van der Waals surface area contributed by atoms with Gasteiger partial charge in [0, 0.05) is 12.3 Å². The summed E-state index contributed by atoms with van der Waals surface area (Å²) in [6.45, 7) is 3.38. The normalized spacial score (nSPS) is 16.9. The van der Waals surface area contributed by atoms with Gasteiger partial charge in [-0.05, 0) is 31.6 Å². The molecule has 0 atom stereocenters. The van der Waals surface area contributed by atoms with E-state index in [1.807, 2.05) is 0 Å². The molecule has 1 aromatic heterocycles. The average molecular weight is 248 g/mol. The van der Waals surface area contributed by atoms with Crippen molar-refractivity contribution in [2.75, 3.05) is 5.32 Å². The number of anilines is 1. The van der Waals surface area contributed by atoms with Gasteiger partial charge in [-0.1, -0.05) is 0 Å². The maximum atomic E-state index is 11.6. The molecule has 18 heavy (non-hydrogen) atoms. The number of nitrogens with one attached hydrogen (secondary N) is 1. The molecule has 2 rings (SSSR count). The summed E-state index contributed by atoms with van der Waals surface area (Å²) < 4.78 is 5.07. The Bertz CT molecular complexity index is 549. The Labute approximate surface area is 103 Å². The van der Waals surface area contributed by atoms with Crippen molar-refractivity contribution < 1.29 is 19.4 Å². The summed E-state index contributed by atoms with van der Waals surface area (Å²) in [5.41, 5.74) is 0.341. The maximum Gasteiger partial charge on any atom is 0.337 e. The van der Waals surface area contributed by atoms with Gasteiger partial charge in [0.25, 0.3) is 0 Å². The van der Waals surface area contributed by atoms with E-state index in [9.17, 15) is 9.59 Å². The van der Waals surface area contributed by atoms with Gasteiger partial charge in [0.15, 0.2) is 0 Å². The van der Waals surface area contributed by atoms with Crippen LogP contribution in [0, 0.1) is 0 Å². The van der Waals surface area contributed by atoms with Gasteiger partial charge in [-0.3, -0.25) is 0 Å². The number of carbonyl (C=O) groups excluding carboxylic acids is 1. The van der Waals surface area contributed by atoms with Crippen molar-refractivity contribution in [2.24, 2.45) is 0 Å². The number of aromatic nitrogens is 1. The zero-order chi connectivity index (χ0) is 13.3. The lowest BCUT2D eigenvalue weighted by Crippen LogP contribution is -2.46. The molecule has 6 nitrogen and oxygen atoms in total. The van der Waals surface area contributed by atoms with Crippen molar-refractivity contribution in [3.8, 4) is 5.88 Å². The molecule has 0 fully saturated rings. The first-order chi connectivity index (χ1) is 8.38. The smallest absolute Gasteiger partial charge is 0.337 e. The molecule has 0 radical (unpaired) electrons. The minimum Gasteiger partial charge on any atom is -0.478 e. The Morgan fingerprint density at radius 1 is 1.56 bits per heavy atom. The van der Waals surface area contributed by atoms with E-state index >= 15 is 0 Å². The number of carbonyl (C=O) groups is 2. The molecule has 0 saturated heterocycles. The van der Waals surface area contributed by atoms with Crippen molar-refractivity contribution in [3.05, 3.63) is 23.9 Å². The van der Waals surface area contributed by atoms with Crippen LogP contribution in [0.4, 0.5) is 5.69 Å². The number of esters is 1. The quantitative estimate of drug-likeness (QED) is 0.605. The van der Waals surface area contributed by atoms with Crippen molar-refractivity contribution in [2.45, 2.75) is 19.4 Å². The Morgan fingerprint density at radius 3 is 2.94 bits per heavy atom. The highest BCUT2D eigenvalue weighted by Gasteiger charge is 2.35. The van der Waals surface area contributed by atoms with Crippen LogP contribution in [0.3, 0.4) is 0 Å². The predicted octanol–water partition coefficient (Wildman–Crippen LogP) is 1.29. The third kappa shape index (κ3) is 2.32. The van der Waals surface area contributed by atoms with E-state index in [4.69, 9.17) is 9.84 Å². The molecule has 6 heteroatoms. The van der Waals surface area contributed by atoms with Gasteiger partial charge in [0.05, 0.1) is 5.69 Å². The zero-order valence-corrected chi connectivity index (χ0v) is 9.93. The molecule has 0 amide bonds. The van der Waals surface area contributed by atoms with Gasteiger partial charge < -0.3 is 15.2 Å². The molecule has 0 aliphatic carbocycles. The van der Waals surface area contributed by atoms with E-state index in [-0.39, 0.29) is 5.88 Å². The summed E-state index contributed by atoms with van der Waals surface area (Å²) in [7, 11) is 0. The fourth-order valence-electron chi connectivity index (χ4n) is 1.50. The molecule has 2 heterocycles. The first-order valence-corrected chi connectivity index (χ1v) is 5.30. The number of carboxylic acid groups (broad SMARTS) is 1. The van der Waals surface area contributed by atoms with Crippen LogP contribution in [-0.4, -0.2) is 27.6 Å². The first kappa shape index (κ1) is 12.1. The molecular weight excluding hydrogens is 236 g/mol. The van der Waals surface area contributed by atoms with Crippen LogP contribution in [0.25, 0.3) is 6.08 Å².